The van der Waals surface area contributed by atoms with E-state index < -0.39 is 0 Å². The van der Waals surface area contributed by atoms with E-state index in [0.29, 0.717) is 11.5 Å². The van der Waals surface area contributed by atoms with Crippen molar-refractivity contribution in [2.75, 3.05) is 12.4 Å². The fraction of sp³-hybridized carbons (Fsp3) is 0.538. The molecule has 1 atom stereocenters. The van der Waals surface area contributed by atoms with Crippen LogP contribution in [0.15, 0.2) is 18.2 Å². The van der Waals surface area contributed by atoms with Gasteiger partial charge < -0.3 is 10.1 Å². The highest BCUT2D eigenvalue weighted by Crippen LogP contribution is 2.49. The molecule has 1 aromatic rings. The maximum Gasteiger partial charge on any atom is 0.121 e. The standard InChI is InChI=1S/C13H18ClNO/c1-9(13(2)6-7-13)15-12-8-10(16-3)4-5-11(12)14/h4-5,8-9,15H,6-7H2,1-3H3. The van der Waals surface area contributed by atoms with E-state index in [9.17, 15) is 0 Å². The van der Waals surface area contributed by atoms with Crippen LogP contribution in [0.2, 0.25) is 5.02 Å². The molecule has 0 aliphatic heterocycles. The molecule has 1 unspecified atom stereocenters. The zero-order valence-corrected chi connectivity index (χ0v) is 10.8. The lowest BCUT2D eigenvalue weighted by Gasteiger charge is -2.22. The number of anilines is 1. The molecule has 0 bridgehead atoms. The minimum Gasteiger partial charge on any atom is -0.497 e. The molecule has 0 saturated heterocycles. The van der Waals surface area contributed by atoms with Gasteiger partial charge in [0.1, 0.15) is 5.75 Å². The summed E-state index contributed by atoms with van der Waals surface area (Å²) >= 11 is 6.15. The normalized spacial score (nSPS) is 19.0. The van der Waals surface area contributed by atoms with E-state index in [-0.39, 0.29) is 0 Å². The van der Waals surface area contributed by atoms with Gasteiger partial charge in [0.2, 0.25) is 0 Å². The molecule has 1 aliphatic rings. The van der Waals surface area contributed by atoms with Crippen molar-refractivity contribution in [1.29, 1.82) is 0 Å². The summed E-state index contributed by atoms with van der Waals surface area (Å²) in [5.74, 6) is 0.833. The van der Waals surface area contributed by atoms with Gasteiger partial charge >= 0.3 is 0 Å². The zero-order valence-electron chi connectivity index (χ0n) is 10.0. The maximum absolute atomic E-state index is 6.15. The highest BCUT2D eigenvalue weighted by molar-refractivity contribution is 6.33. The van der Waals surface area contributed by atoms with Crippen LogP contribution in [0, 0.1) is 5.41 Å². The van der Waals surface area contributed by atoms with Crippen LogP contribution >= 0.6 is 11.6 Å². The van der Waals surface area contributed by atoms with Gasteiger partial charge in [0, 0.05) is 12.1 Å². The zero-order chi connectivity index (χ0) is 11.8. The second-order valence-electron chi connectivity index (χ2n) is 4.87. The summed E-state index contributed by atoms with van der Waals surface area (Å²) in [7, 11) is 1.67. The summed E-state index contributed by atoms with van der Waals surface area (Å²) in [6, 6.07) is 6.13. The summed E-state index contributed by atoms with van der Waals surface area (Å²) < 4.78 is 5.19. The first-order chi connectivity index (χ1) is 7.55. The molecule has 1 N–H and O–H groups in total. The molecule has 2 nitrogen and oxygen atoms in total. The lowest BCUT2D eigenvalue weighted by atomic mass is 10.0. The third kappa shape index (κ3) is 2.27. The van der Waals surface area contributed by atoms with Crippen LogP contribution in [0.5, 0.6) is 5.75 Å². The summed E-state index contributed by atoms with van der Waals surface area (Å²) in [6.07, 6.45) is 2.59. The molecule has 16 heavy (non-hydrogen) atoms. The average molecular weight is 240 g/mol. The van der Waals surface area contributed by atoms with Crippen molar-refractivity contribution < 1.29 is 4.74 Å². The lowest BCUT2D eigenvalue weighted by Crippen LogP contribution is -2.25. The third-order valence-electron chi connectivity index (χ3n) is 3.63. The van der Waals surface area contributed by atoms with Crippen molar-refractivity contribution in [2.45, 2.75) is 32.7 Å². The van der Waals surface area contributed by atoms with Crippen molar-refractivity contribution in [1.82, 2.24) is 0 Å². The average Bonchev–Trinajstić information content (AvgIpc) is 3.01. The quantitative estimate of drug-likeness (QED) is 0.859. The number of rotatable bonds is 4. The van der Waals surface area contributed by atoms with Crippen molar-refractivity contribution in [3.05, 3.63) is 23.2 Å². The van der Waals surface area contributed by atoms with E-state index in [2.05, 4.69) is 19.2 Å². The van der Waals surface area contributed by atoms with Crippen LogP contribution in [-0.2, 0) is 0 Å². The van der Waals surface area contributed by atoms with Crippen molar-refractivity contribution in [3.8, 4) is 5.75 Å². The SMILES string of the molecule is COc1ccc(Cl)c(NC(C)C2(C)CC2)c1. The molecule has 0 spiro atoms. The number of methoxy groups -OCH3 is 1. The largest absolute Gasteiger partial charge is 0.497 e. The van der Waals surface area contributed by atoms with Crippen LogP contribution in [0.25, 0.3) is 0 Å². The second-order valence-corrected chi connectivity index (χ2v) is 5.27. The van der Waals surface area contributed by atoms with E-state index >= 15 is 0 Å². The molecular formula is C13H18ClNO. The molecule has 88 valence electrons. The van der Waals surface area contributed by atoms with Gasteiger partial charge in [-0.15, -0.1) is 0 Å². The summed E-state index contributed by atoms with van der Waals surface area (Å²) in [5.41, 5.74) is 1.40. The van der Waals surface area contributed by atoms with Gasteiger partial charge in [0.05, 0.1) is 17.8 Å². The minimum atomic E-state index is 0.437. The monoisotopic (exact) mass is 239 g/mol. The maximum atomic E-state index is 6.15. The molecule has 3 heteroatoms. The van der Waals surface area contributed by atoms with Gasteiger partial charge in [0.25, 0.3) is 0 Å². The fourth-order valence-electron chi connectivity index (χ4n) is 1.78. The third-order valence-corrected chi connectivity index (χ3v) is 3.96. The van der Waals surface area contributed by atoms with E-state index in [4.69, 9.17) is 16.3 Å². The number of hydrogen-bond donors (Lipinski definition) is 1. The second kappa shape index (κ2) is 4.17. The molecule has 0 radical (unpaired) electrons. The highest BCUT2D eigenvalue weighted by Gasteiger charge is 2.42. The molecule has 2 rings (SSSR count). The topological polar surface area (TPSA) is 21.3 Å². The molecule has 0 amide bonds. The molecule has 1 aliphatic carbocycles. The Kier molecular flexibility index (Phi) is 3.02. The van der Waals surface area contributed by atoms with Gasteiger partial charge in [-0.2, -0.15) is 0 Å². The number of benzene rings is 1. The number of hydrogen-bond acceptors (Lipinski definition) is 2. The first kappa shape index (κ1) is 11.6. The summed E-state index contributed by atoms with van der Waals surface area (Å²) in [4.78, 5) is 0. The Labute approximate surface area is 102 Å². The van der Waals surface area contributed by atoms with Gasteiger partial charge in [-0.3, -0.25) is 0 Å². The molecule has 1 saturated carbocycles. The van der Waals surface area contributed by atoms with E-state index in [0.717, 1.165) is 16.5 Å². The molecule has 1 fully saturated rings. The van der Waals surface area contributed by atoms with Gasteiger partial charge in [-0.1, -0.05) is 18.5 Å². The molecule has 0 heterocycles. The number of ether oxygens (including phenoxy) is 1. The van der Waals surface area contributed by atoms with Crippen molar-refractivity contribution in [3.63, 3.8) is 0 Å². The predicted molar refractivity (Wildman–Crippen MR) is 68.4 cm³/mol. The van der Waals surface area contributed by atoms with Gasteiger partial charge in [-0.05, 0) is 37.3 Å². The van der Waals surface area contributed by atoms with Crippen LogP contribution in [0.4, 0.5) is 5.69 Å². The molecule has 1 aromatic carbocycles. The number of halogens is 1. The Bertz CT molecular complexity index is 388. The predicted octanol–water partition coefficient (Wildman–Crippen LogP) is 3.95. The van der Waals surface area contributed by atoms with Crippen LogP contribution in [-0.4, -0.2) is 13.2 Å². The summed E-state index contributed by atoms with van der Waals surface area (Å²) in [6.45, 7) is 4.52. The number of nitrogens with one attached hydrogen (secondary N) is 1. The Hall–Kier alpha value is -0.890. The van der Waals surface area contributed by atoms with Gasteiger partial charge in [0.15, 0.2) is 0 Å². The fourth-order valence-corrected chi connectivity index (χ4v) is 1.95. The van der Waals surface area contributed by atoms with Gasteiger partial charge in [-0.25, -0.2) is 0 Å². The lowest BCUT2D eigenvalue weighted by molar-refractivity contribution is 0.414. The first-order valence-corrected chi connectivity index (χ1v) is 6.03. The Morgan fingerprint density at radius 2 is 2.12 bits per heavy atom. The first-order valence-electron chi connectivity index (χ1n) is 5.65. The highest BCUT2D eigenvalue weighted by atomic mass is 35.5. The summed E-state index contributed by atoms with van der Waals surface area (Å²) in [5, 5.41) is 4.22. The van der Waals surface area contributed by atoms with E-state index in [1.165, 1.54) is 12.8 Å². The minimum absolute atomic E-state index is 0.437. The van der Waals surface area contributed by atoms with Crippen molar-refractivity contribution >= 4 is 17.3 Å². The smallest absolute Gasteiger partial charge is 0.121 e. The van der Waals surface area contributed by atoms with Crippen LogP contribution < -0.4 is 10.1 Å². The Balaban J connectivity index is 2.13. The van der Waals surface area contributed by atoms with E-state index in [1.807, 2.05) is 18.2 Å². The molecular weight excluding hydrogens is 222 g/mol. The Morgan fingerprint density at radius 1 is 1.44 bits per heavy atom. The van der Waals surface area contributed by atoms with Crippen LogP contribution in [0.3, 0.4) is 0 Å². The molecule has 0 aromatic heterocycles. The van der Waals surface area contributed by atoms with Crippen molar-refractivity contribution in [2.24, 2.45) is 5.41 Å². The Morgan fingerprint density at radius 3 is 2.69 bits per heavy atom. The van der Waals surface area contributed by atoms with Crippen LogP contribution in [0.1, 0.15) is 26.7 Å². The van der Waals surface area contributed by atoms with E-state index in [1.54, 1.807) is 7.11 Å².